The summed E-state index contributed by atoms with van der Waals surface area (Å²) in [6, 6.07) is 7.98. The number of aromatic amines is 1. The lowest BCUT2D eigenvalue weighted by atomic mass is 10.1. The second kappa shape index (κ2) is 9.19. The van der Waals surface area contributed by atoms with Gasteiger partial charge in [-0.2, -0.15) is 0 Å². The van der Waals surface area contributed by atoms with Gasteiger partial charge in [0.25, 0.3) is 0 Å². The van der Waals surface area contributed by atoms with Gasteiger partial charge in [-0.25, -0.2) is 5.48 Å². The summed E-state index contributed by atoms with van der Waals surface area (Å²) in [5.41, 5.74) is 4.73. The van der Waals surface area contributed by atoms with Gasteiger partial charge in [0.1, 0.15) is 0 Å². The van der Waals surface area contributed by atoms with Gasteiger partial charge in [-0.05, 0) is 38.6 Å². The van der Waals surface area contributed by atoms with Gasteiger partial charge in [0.05, 0.1) is 6.42 Å². The fourth-order valence-corrected chi connectivity index (χ4v) is 2.85. The summed E-state index contributed by atoms with van der Waals surface area (Å²) >= 11 is 0. The molecule has 0 atom stereocenters. The van der Waals surface area contributed by atoms with E-state index in [-0.39, 0.29) is 18.2 Å². The molecule has 0 saturated heterocycles. The van der Waals surface area contributed by atoms with Crippen LogP contribution in [0.25, 0.3) is 10.9 Å². The average Bonchev–Trinajstić information content (AvgIpc) is 2.90. The van der Waals surface area contributed by atoms with E-state index in [2.05, 4.69) is 10.3 Å². The third-order valence-corrected chi connectivity index (χ3v) is 4.25. The number of H-pyrrole nitrogens is 1. The number of amides is 2. The van der Waals surface area contributed by atoms with Crippen LogP contribution in [0.2, 0.25) is 0 Å². The lowest BCUT2D eigenvalue weighted by Gasteiger charge is -2.16. The highest BCUT2D eigenvalue weighted by Crippen LogP contribution is 2.22. The molecule has 0 aliphatic heterocycles. The number of aryl methyl sites for hydroxylation is 1. The van der Waals surface area contributed by atoms with Gasteiger partial charge in [-0.1, -0.05) is 18.2 Å². The molecule has 0 aliphatic carbocycles. The zero-order valence-corrected chi connectivity index (χ0v) is 14.8. The predicted octanol–water partition coefficient (Wildman–Crippen LogP) is 1.35. The van der Waals surface area contributed by atoms with E-state index in [1.165, 1.54) is 0 Å². The molecule has 2 rings (SSSR count). The third-order valence-electron chi connectivity index (χ3n) is 4.25. The average molecular weight is 346 g/mol. The van der Waals surface area contributed by atoms with Gasteiger partial charge in [0.2, 0.25) is 11.8 Å². The molecule has 25 heavy (non-hydrogen) atoms. The van der Waals surface area contributed by atoms with Crippen molar-refractivity contribution in [1.82, 2.24) is 20.7 Å². The van der Waals surface area contributed by atoms with Crippen LogP contribution in [0.1, 0.15) is 24.1 Å². The molecule has 0 bridgehead atoms. The number of likely N-dealkylation sites (N-methyl/N-ethyl adjacent to an activating group) is 1. The van der Waals surface area contributed by atoms with Crippen LogP contribution < -0.4 is 10.8 Å². The second-order valence-electron chi connectivity index (χ2n) is 6.24. The number of benzene rings is 1. The van der Waals surface area contributed by atoms with Gasteiger partial charge in [0.15, 0.2) is 0 Å². The van der Waals surface area contributed by atoms with E-state index in [0.29, 0.717) is 25.9 Å². The maximum absolute atomic E-state index is 12.2. The van der Waals surface area contributed by atoms with E-state index >= 15 is 0 Å². The molecule has 0 unspecified atom stereocenters. The highest BCUT2D eigenvalue weighted by Gasteiger charge is 2.12. The Balaban J connectivity index is 1.73. The summed E-state index contributed by atoms with van der Waals surface area (Å²) in [7, 11) is 1.94. The van der Waals surface area contributed by atoms with Gasteiger partial charge in [0, 0.05) is 36.1 Å². The van der Waals surface area contributed by atoms with Crippen molar-refractivity contribution in [2.45, 2.75) is 26.2 Å². The molecule has 136 valence electrons. The maximum atomic E-state index is 12.2. The number of rotatable bonds is 9. The van der Waals surface area contributed by atoms with Crippen molar-refractivity contribution in [2.24, 2.45) is 0 Å². The van der Waals surface area contributed by atoms with E-state index in [1.807, 2.05) is 43.1 Å². The van der Waals surface area contributed by atoms with Crippen LogP contribution >= 0.6 is 0 Å². The molecule has 0 spiro atoms. The monoisotopic (exact) mass is 346 g/mol. The summed E-state index contributed by atoms with van der Waals surface area (Å²) in [6.45, 7) is 3.98. The topological polar surface area (TPSA) is 97.5 Å². The maximum Gasteiger partial charge on any atom is 0.243 e. The fraction of sp³-hybridized carbons (Fsp3) is 0.444. The summed E-state index contributed by atoms with van der Waals surface area (Å²) in [4.78, 5) is 28.5. The molecule has 2 aromatic rings. The van der Waals surface area contributed by atoms with Crippen molar-refractivity contribution >= 4 is 22.7 Å². The zero-order valence-electron chi connectivity index (χ0n) is 14.8. The van der Waals surface area contributed by atoms with Crippen molar-refractivity contribution in [3.05, 3.63) is 35.5 Å². The highest BCUT2D eigenvalue weighted by molar-refractivity contribution is 5.90. The van der Waals surface area contributed by atoms with Crippen LogP contribution in [0.3, 0.4) is 0 Å². The molecule has 7 nitrogen and oxygen atoms in total. The molecule has 0 fully saturated rings. The number of nitrogens with one attached hydrogen (secondary N) is 3. The molecule has 0 saturated carbocycles. The Hall–Kier alpha value is -2.38. The van der Waals surface area contributed by atoms with Crippen molar-refractivity contribution in [3.8, 4) is 0 Å². The molecule has 0 radical (unpaired) electrons. The Morgan fingerprint density at radius 1 is 1.20 bits per heavy atom. The van der Waals surface area contributed by atoms with Crippen LogP contribution in [0.4, 0.5) is 0 Å². The first-order valence-corrected chi connectivity index (χ1v) is 8.45. The Morgan fingerprint density at radius 2 is 1.96 bits per heavy atom. The molecule has 7 heteroatoms. The van der Waals surface area contributed by atoms with E-state index in [1.54, 1.807) is 5.48 Å². The number of fused-ring (bicyclic) bond motifs is 1. The van der Waals surface area contributed by atoms with Crippen LogP contribution in [0.5, 0.6) is 0 Å². The SMILES string of the molecule is Cc1[nH]c2ccccc2c1CC(=O)NCCN(C)CCCC(=O)NO. The number of aromatic nitrogens is 1. The number of hydrogen-bond donors (Lipinski definition) is 4. The summed E-state index contributed by atoms with van der Waals surface area (Å²) in [5.74, 6) is -0.378. The largest absolute Gasteiger partial charge is 0.358 e. The second-order valence-corrected chi connectivity index (χ2v) is 6.24. The van der Waals surface area contributed by atoms with E-state index in [0.717, 1.165) is 28.7 Å². The lowest BCUT2D eigenvalue weighted by Crippen LogP contribution is -2.34. The Morgan fingerprint density at radius 3 is 2.72 bits per heavy atom. The van der Waals surface area contributed by atoms with Crippen LogP contribution in [0, 0.1) is 6.92 Å². The van der Waals surface area contributed by atoms with E-state index in [9.17, 15) is 9.59 Å². The van der Waals surface area contributed by atoms with Crippen LogP contribution in [0.15, 0.2) is 24.3 Å². The minimum Gasteiger partial charge on any atom is -0.358 e. The lowest BCUT2D eigenvalue weighted by molar-refractivity contribution is -0.129. The smallest absolute Gasteiger partial charge is 0.243 e. The number of nitrogens with zero attached hydrogens (tertiary/aromatic N) is 1. The van der Waals surface area contributed by atoms with Gasteiger partial charge in [-0.15, -0.1) is 0 Å². The minimum atomic E-state index is -0.379. The Bertz CT molecular complexity index is 726. The zero-order chi connectivity index (χ0) is 18.2. The molecular weight excluding hydrogens is 320 g/mol. The molecular formula is C18H26N4O3. The molecule has 1 aromatic carbocycles. The molecule has 2 amide bonds. The van der Waals surface area contributed by atoms with Gasteiger partial charge < -0.3 is 15.2 Å². The number of carbonyl (C=O) groups excluding carboxylic acids is 2. The molecule has 4 N–H and O–H groups in total. The summed E-state index contributed by atoms with van der Waals surface area (Å²) in [6.07, 6.45) is 1.30. The van der Waals surface area contributed by atoms with Crippen molar-refractivity contribution in [3.63, 3.8) is 0 Å². The Kier molecular flexibility index (Phi) is 6.97. The minimum absolute atomic E-state index is 0.000844. The Labute approximate surface area is 147 Å². The van der Waals surface area contributed by atoms with Crippen molar-refractivity contribution < 1.29 is 14.8 Å². The normalized spacial score (nSPS) is 11.0. The van der Waals surface area contributed by atoms with E-state index in [4.69, 9.17) is 5.21 Å². The number of hydrogen-bond acceptors (Lipinski definition) is 4. The molecule has 0 aliphatic rings. The molecule has 1 aromatic heterocycles. The number of carbonyl (C=O) groups is 2. The summed E-state index contributed by atoms with van der Waals surface area (Å²) < 4.78 is 0. The highest BCUT2D eigenvalue weighted by atomic mass is 16.5. The van der Waals surface area contributed by atoms with Crippen molar-refractivity contribution in [1.29, 1.82) is 0 Å². The van der Waals surface area contributed by atoms with Crippen molar-refractivity contribution in [2.75, 3.05) is 26.7 Å². The quantitative estimate of drug-likeness (QED) is 0.407. The fourth-order valence-electron chi connectivity index (χ4n) is 2.85. The third kappa shape index (κ3) is 5.58. The van der Waals surface area contributed by atoms with Crippen LogP contribution in [-0.4, -0.2) is 53.6 Å². The predicted molar refractivity (Wildman–Crippen MR) is 96.4 cm³/mol. The molecule has 1 heterocycles. The number of hydroxylamine groups is 1. The first-order chi connectivity index (χ1) is 12.0. The van der Waals surface area contributed by atoms with Gasteiger partial charge in [-0.3, -0.25) is 14.8 Å². The van der Waals surface area contributed by atoms with Gasteiger partial charge >= 0.3 is 0 Å². The number of para-hydroxylation sites is 1. The van der Waals surface area contributed by atoms with Crippen LogP contribution in [-0.2, 0) is 16.0 Å². The standard InChI is InChI=1S/C18H26N4O3/c1-13-15(14-6-3-4-7-16(14)20-13)12-18(24)19-9-11-22(2)10-5-8-17(23)21-25/h3-4,6-7,20,25H,5,8-12H2,1-2H3,(H,19,24)(H,21,23). The van der Waals surface area contributed by atoms with E-state index < -0.39 is 0 Å². The first kappa shape index (κ1) is 19.0. The first-order valence-electron chi connectivity index (χ1n) is 8.45. The summed E-state index contributed by atoms with van der Waals surface area (Å²) in [5, 5.41) is 12.5.